The molecule has 0 aromatic heterocycles. The molecule has 5 fully saturated rings. The van der Waals surface area contributed by atoms with Gasteiger partial charge in [-0.2, -0.15) is 0 Å². The number of carbonyl (C=O) groups is 2. The molecule has 0 radical (unpaired) electrons. The van der Waals surface area contributed by atoms with E-state index in [1.54, 1.807) is 12.0 Å². The Morgan fingerprint density at radius 2 is 1.62 bits per heavy atom. The normalized spacial score (nSPS) is 31.1. The van der Waals surface area contributed by atoms with Gasteiger partial charge in [0.15, 0.2) is 0 Å². The average Bonchev–Trinajstić information content (AvgIpc) is 3.55. The van der Waals surface area contributed by atoms with Crippen LogP contribution in [0.3, 0.4) is 0 Å². The number of hydrogen-bond donors (Lipinski definition) is 2. The highest BCUT2D eigenvalue weighted by Crippen LogP contribution is 2.55. The predicted octanol–water partition coefficient (Wildman–Crippen LogP) is 4.92. The third-order valence-corrected chi connectivity index (χ3v) is 12.3. The SMILES string of the molecule is COc1cc(C2CCC3(C4CCCCCCCC4)SCNC3C2)ccc1C(=O)N1CCN(C(=O)C2(O)CC2)CC1. The summed E-state index contributed by atoms with van der Waals surface area (Å²) >= 11 is 2.21. The second kappa shape index (κ2) is 11.8. The van der Waals surface area contributed by atoms with Gasteiger partial charge in [0.25, 0.3) is 11.8 Å². The van der Waals surface area contributed by atoms with Crippen molar-refractivity contribution in [3.63, 3.8) is 0 Å². The number of rotatable bonds is 5. The summed E-state index contributed by atoms with van der Waals surface area (Å²) in [5, 5.41) is 14.1. The van der Waals surface area contributed by atoms with Crippen LogP contribution < -0.4 is 10.1 Å². The number of methoxy groups -OCH3 is 1. The molecule has 3 atom stereocenters. The molecule has 1 aromatic carbocycles. The zero-order valence-corrected chi connectivity index (χ0v) is 25.0. The minimum atomic E-state index is -1.15. The number of nitrogens with zero attached hydrogens (tertiary/aromatic N) is 2. The Labute approximate surface area is 243 Å². The zero-order chi connectivity index (χ0) is 27.7. The van der Waals surface area contributed by atoms with Crippen LogP contribution in [0.4, 0.5) is 0 Å². The number of piperazine rings is 1. The molecule has 5 aliphatic rings. The van der Waals surface area contributed by atoms with Gasteiger partial charge in [0, 0.05) is 42.8 Å². The summed E-state index contributed by atoms with van der Waals surface area (Å²) in [5.74, 6) is 2.80. The monoisotopic (exact) mass is 569 g/mol. The van der Waals surface area contributed by atoms with E-state index in [2.05, 4.69) is 29.2 Å². The van der Waals surface area contributed by atoms with Crippen LogP contribution in [-0.2, 0) is 4.79 Å². The number of ether oxygens (including phenoxy) is 1. The molecule has 6 rings (SSSR count). The fourth-order valence-electron chi connectivity index (χ4n) is 7.96. The highest BCUT2D eigenvalue weighted by Gasteiger charge is 2.52. The van der Waals surface area contributed by atoms with E-state index >= 15 is 0 Å². The van der Waals surface area contributed by atoms with Crippen LogP contribution in [-0.4, -0.2) is 82.3 Å². The molecule has 220 valence electrons. The first kappa shape index (κ1) is 28.4. The molecule has 2 amide bonds. The van der Waals surface area contributed by atoms with Crippen molar-refractivity contribution in [1.29, 1.82) is 0 Å². The highest BCUT2D eigenvalue weighted by molar-refractivity contribution is 8.00. The van der Waals surface area contributed by atoms with E-state index in [1.807, 2.05) is 11.0 Å². The Kier molecular flexibility index (Phi) is 8.40. The van der Waals surface area contributed by atoms with E-state index in [4.69, 9.17) is 4.74 Å². The maximum Gasteiger partial charge on any atom is 0.257 e. The molecule has 7 nitrogen and oxygen atoms in total. The molecule has 3 aliphatic carbocycles. The summed E-state index contributed by atoms with van der Waals surface area (Å²) in [5.41, 5.74) is 0.728. The Bertz CT molecular complexity index is 1080. The van der Waals surface area contributed by atoms with Crippen molar-refractivity contribution in [2.75, 3.05) is 39.2 Å². The van der Waals surface area contributed by atoms with Crippen LogP contribution in [0.15, 0.2) is 18.2 Å². The lowest BCUT2D eigenvalue weighted by Crippen LogP contribution is -2.53. The van der Waals surface area contributed by atoms with Gasteiger partial charge in [0.1, 0.15) is 11.4 Å². The molecular weight excluding hydrogens is 522 g/mol. The van der Waals surface area contributed by atoms with Crippen LogP contribution >= 0.6 is 11.8 Å². The lowest BCUT2D eigenvalue weighted by molar-refractivity contribution is -0.143. The van der Waals surface area contributed by atoms with Crippen molar-refractivity contribution in [3.05, 3.63) is 29.3 Å². The minimum Gasteiger partial charge on any atom is -0.496 e. The largest absolute Gasteiger partial charge is 0.496 e. The first-order chi connectivity index (χ1) is 19.4. The molecule has 2 N–H and O–H groups in total. The lowest BCUT2D eigenvalue weighted by atomic mass is 9.68. The summed E-state index contributed by atoms with van der Waals surface area (Å²) in [7, 11) is 1.65. The predicted molar refractivity (Wildman–Crippen MR) is 159 cm³/mol. The molecule has 3 unspecified atom stereocenters. The topological polar surface area (TPSA) is 82.1 Å². The van der Waals surface area contributed by atoms with Crippen LogP contribution in [0.2, 0.25) is 0 Å². The van der Waals surface area contributed by atoms with Crippen LogP contribution in [0.1, 0.15) is 105 Å². The minimum absolute atomic E-state index is 0.0441. The van der Waals surface area contributed by atoms with E-state index in [0.717, 1.165) is 18.2 Å². The van der Waals surface area contributed by atoms with Gasteiger partial charge in [-0.15, -0.1) is 11.8 Å². The molecule has 40 heavy (non-hydrogen) atoms. The van der Waals surface area contributed by atoms with Crippen molar-refractivity contribution in [1.82, 2.24) is 15.1 Å². The van der Waals surface area contributed by atoms with Gasteiger partial charge >= 0.3 is 0 Å². The Hall–Kier alpha value is -1.77. The first-order valence-corrected chi connectivity index (χ1v) is 16.8. The summed E-state index contributed by atoms with van der Waals surface area (Å²) in [6.07, 6.45) is 15.9. The molecule has 2 aliphatic heterocycles. The van der Waals surface area contributed by atoms with E-state index in [1.165, 1.54) is 69.8 Å². The Morgan fingerprint density at radius 3 is 2.30 bits per heavy atom. The van der Waals surface area contributed by atoms with E-state index in [0.29, 0.717) is 67.0 Å². The van der Waals surface area contributed by atoms with Gasteiger partial charge in [0.05, 0.1) is 12.7 Å². The number of benzene rings is 1. The van der Waals surface area contributed by atoms with Crippen molar-refractivity contribution in [2.24, 2.45) is 5.92 Å². The smallest absolute Gasteiger partial charge is 0.257 e. The number of carbonyl (C=O) groups excluding carboxylic acids is 2. The van der Waals surface area contributed by atoms with Gasteiger partial charge < -0.3 is 25.0 Å². The summed E-state index contributed by atoms with van der Waals surface area (Å²) < 4.78 is 6.16. The quantitative estimate of drug-likeness (QED) is 0.524. The number of thioether (sulfide) groups is 1. The van der Waals surface area contributed by atoms with E-state index < -0.39 is 5.60 Å². The van der Waals surface area contributed by atoms with Gasteiger partial charge in [-0.05, 0) is 74.5 Å². The second-order valence-corrected chi connectivity index (χ2v) is 14.3. The maximum atomic E-state index is 13.5. The number of hydrogen-bond acceptors (Lipinski definition) is 6. The summed E-state index contributed by atoms with van der Waals surface area (Å²) in [4.78, 5) is 29.5. The van der Waals surface area contributed by atoms with Gasteiger partial charge in [-0.3, -0.25) is 9.59 Å². The number of fused-ring (bicyclic) bond motifs is 1. The molecule has 1 aromatic rings. The lowest BCUT2D eigenvalue weighted by Gasteiger charge is -2.47. The molecule has 0 bridgehead atoms. The molecule has 2 saturated heterocycles. The van der Waals surface area contributed by atoms with E-state index in [-0.39, 0.29) is 11.8 Å². The number of aliphatic hydroxyl groups is 1. The number of nitrogens with one attached hydrogen (secondary N) is 1. The van der Waals surface area contributed by atoms with Crippen molar-refractivity contribution >= 4 is 23.6 Å². The third-order valence-electron chi connectivity index (χ3n) is 10.6. The molecule has 3 saturated carbocycles. The summed E-state index contributed by atoms with van der Waals surface area (Å²) in [6, 6.07) is 6.77. The van der Waals surface area contributed by atoms with Gasteiger partial charge in [-0.1, -0.05) is 44.6 Å². The maximum absolute atomic E-state index is 13.5. The Balaban J connectivity index is 1.11. The molecule has 2 heterocycles. The molecule has 0 spiro atoms. The highest BCUT2D eigenvalue weighted by atomic mass is 32.2. The fourth-order valence-corrected chi connectivity index (χ4v) is 9.63. The van der Waals surface area contributed by atoms with Crippen molar-refractivity contribution in [2.45, 2.75) is 106 Å². The van der Waals surface area contributed by atoms with Crippen LogP contribution in [0.25, 0.3) is 0 Å². The van der Waals surface area contributed by atoms with Gasteiger partial charge in [-0.25, -0.2) is 0 Å². The second-order valence-electron chi connectivity index (χ2n) is 12.9. The van der Waals surface area contributed by atoms with Crippen molar-refractivity contribution in [3.8, 4) is 5.75 Å². The number of amides is 2. The fraction of sp³-hybridized carbons (Fsp3) is 0.750. The standard InChI is InChI=1S/C32H47N3O4S/c1-39-27-20-23(10-11-26(27)29(36)34-16-18-35(19-17-34)30(37)31(38)14-15-31)24-12-13-32(28(21-24)33-22-40-32)25-8-6-4-2-3-5-7-9-25/h10-11,20,24-25,28,33,38H,2-9,12-19,21-22H2,1H3. The zero-order valence-electron chi connectivity index (χ0n) is 24.2. The average molecular weight is 570 g/mol. The van der Waals surface area contributed by atoms with Crippen molar-refractivity contribution < 1.29 is 19.4 Å². The first-order valence-electron chi connectivity index (χ1n) is 15.8. The van der Waals surface area contributed by atoms with Gasteiger partial charge in [0.2, 0.25) is 0 Å². The van der Waals surface area contributed by atoms with Crippen LogP contribution in [0.5, 0.6) is 5.75 Å². The third kappa shape index (κ3) is 5.52. The van der Waals surface area contributed by atoms with Crippen LogP contribution in [0, 0.1) is 5.92 Å². The summed E-state index contributed by atoms with van der Waals surface area (Å²) in [6.45, 7) is 1.87. The van der Waals surface area contributed by atoms with E-state index in [9.17, 15) is 14.7 Å². The molecular formula is C32H47N3O4S. The Morgan fingerprint density at radius 1 is 0.950 bits per heavy atom. The molecule has 8 heteroatoms.